The van der Waals surface area contributed by atoms with Crippen LogP contribution in [0.3, 0.4) is 0 Å². The number of ether oxygens (including phenoxy) is 2. The Bertz CT molecular complexity index is 1170. The van der Waals surface area contributed by atoms with Gasteiger partial charge in [0.1, 0.15) is 13.2 Å². The van der Waals surface area contributed by atoms with Gasteiger partial charge < -0.3 is 29.6 Å². The predicted molar refractivity (Wildman–Crippen MR) is 139 cm³/mol. The normalized spacial score (nSPS) is 16.3. The molecule has 2 aliphatic heterocycles. The van der Waals surface area contributed by atoms with Crippen LogP contribution in [0.1, 0.15) is 18.4 Å². The molecule has 3 heterocycles. The van der Waals surface area contributed by atoms with Crippen molar-refractivity contribution in [2.75, 3.05) is 45.2 Å². The number of nitrogens with zero attached hydrogens (tertiary/aromatic N) is 2. The molecule has 0 unspecified atom stereocenters. The van der Waals surface area contributed by atoms with Crippen LogP contribution in [0.25, 0.3) is 10.9 Å². The van der Waals surface area contributed by atoms with Crippen molar-refractivity contribution in [2.45, 2.75) is 32.0 Å². The van der Waals surface area contributed by atoms with Crippen LogP contribution in [0.2, 0.25) is 0 Å². The Labute approximate surface area is 206 Å². The second kappa shape index (κ2) is 11.1. The number of anilines is 1. The smallest absolute Gasteiger partial charge is 0.251 e. The van der Waals surface area contributed by atoms with Gasteiger partial charge in [0.25, 0.3) is 5.56 Å². The Morgan fingerprint density at radius 1 is 0.971 bits per heavy atom. The molecule has 0 spiro atoms. The van der Waals surface area contributed by atoms with Crippen LogP contribution in [-0.4, -0.2) is 55.4 Å². The lowest BCUT2D eigenvalue weighted by molar-refractivity contribution is 0.171. The number of likely N-dealkylation sites (tertiary alicyclic amines) is 1. The highest BCUT2D eigenvalue weighted by Crippen LogP contribution is 2.30. The zero-order chi connectivity index (χ0) is 22.6. The number of halogens is 1. The van der Waals surface area contributed by atoms with Gasteiger partial charge in [-0.1, -0.05) is 12.1 Å². The van der Waals surface area contributed by atoms with Crippen LogP contribution < -0.4 is 25.7 Å². The van der Waals surface area contributed by atoms with Crippen LogP contribution in [0.5, 0.6) is 11.5 Å². The van der Waals surface area contributed by atoms with Gasteiger partial charge in [0.05, 0.1) is 5.52 Å². The van der Waals surface area contributed by atoms with Crippen molar-refractivity contribution in [2.24, 2.45) is 0 Å². The van der Waals surface area contributed by atoms with E-state index >= 15 is 0 Å². The first-order valence-electron chi connectivity index (χ1n) is 11.9. The zero-order valence-electron chi connectivity index (χ0n) is 19.6. The molecule has 0 bridgehead atoms. The van der Waals surface area contributed by atoms with Gasteiger partial charge in [0.2, 0.25) is 0 Å². The number of nitrogens with one attached hydrogen (secondary N) is 2. The van der Waals surface area contributed by atoms with Crippen molar-refractivity contribution >= 4 is 29.0 Å². The van der Waals surface area contributed by atoms with Crippen molar-refractivity contribution < 1.29 is 9.47 Å². The summed E-state index contributed by atoms with van der Waals surface area (Å²) < 4.78 is 13.2. The van der Waals surface area contributed by atoms with E-state index in [9.17, 15) is 4.79 Å². The van der Waals surface area contributed by atoms with Crippen molar-refractivity contribution in [3.8, 4) is 11.5 Å². The van der Waals surface area contributed by atoms with Gasteiger partial charge >= 0.3 is 0 Å². The second-order valence-corrected chi connectivity index (χ2v) is 8.79. The van der Waals surface area contributed by atoms with E-state index in [0.717, 1.165) is 67.1 Å². The van der Waals surface area contributed by atoms with E-state index < -0.39 is 0 Å². The molecule has 2 N–H and O–H groups in total. The fourth-order valence-electron chi connectivity index (χ4n) is 4.84. The lowest BCUT2D eigenvalue weighted by Crippen LogP contribution is -2.43. The van der Waals surface area contributed by atoms with E-state index in [4.69, 9.17) is 9.47 Å². The number of rotatable bonds is 7. The summed E-state index contributed by atoms with van der Waals surface area (Å²) in [6.45, 7) is 5.75. The standard InChI is InChI=1S/C26H32N4O3.ClH/c1-27-22-3-2-4-23-21(22)6-8-26(31)30(23)14-13-29-11-9-20(10-12-29)28-18-19-5-7-24-25(17-19)33-16-15-32-24;/h2-8,17,20,27-28H,9-16,18H2,1H3;1H. The maximum Gasteiger partial charge on any atom is 0.251 e. The van der Waals surface area contributed by atoms with Gasteiger partial charge in [-0.25, -0.2) is 0 Å². The molecule has 8 heteroatoms. The Balaban J connectivity index is 0.00000274. The summed E-state index contributed by atoms with van der Waals surface area (Å²) in [7, 11) is 1.91. The van der Waals surface area contributed by atoms with Crippen molar-refractivity contribution in [1.29, 1.82) is 0 Å². The van der Waals surface area contributed by atoms with Gasteiger partial charge in [-0.15, -0.1) is 12.4 Å². The number of hydrogen-bond acceptors (Lipinski definition) is 6. The molecule has 182 valence electrons. The van der Waals surface area contributed by atoms with Crippen LogP contribution >= 0.6 is 12.4 Å². The van der Waals surface area contributed by atoms with Crippen LogP contribution in [0.15, 0.2) is 53.3 Å². The lowest BCUT2D eigenvalue weighted by atomic mass is 10.0. The maximum absolute atomic E-state index is 12.6. The summed E-state index contributed by atoms with van der Waals surface area (Å²) >= 11 is 0. The van der Waals surface area contributed by atoms with Gasteiger partial charge in [-0.05, 0) is 61.8 Å². The van der Waals surface area contributed by atoms with Gasteiger partial charge in [-0.2, -0.15) is 0 Å². The summed E-state index contributed by atoms with van der Waals surface area (Å²) in [6, 6.07) is 16.4. The number of fused-ring (bicyclic) bond motifs is 2. The molecule has 0 aliphatic carbocycles. The first kappa shape index (κ1) is 24.4. The minimum atomic E-state index is 0. The predicted octanol–water partition coefficient (Wildman–Crippen LogP) is 3.49. The Morgan fingerprint density at radius 3 is 2.56 bits per heavy atom. The topological polar surface area (TPSA) is 67.8 Å². The lowest BCUT2D eigenvalue weighted by Gasteiger charge is -2.32. The minimum absolute atomic E-state index is 0. The molecular formula is C26H33ClN4O3. The summed E-state index contributed by atoms with van der Waals surface area (Å²) in [6.07, 6.45) is 2.22. The first-order valence-corrected chi connectivity index (χ1v) is 11.9. The number of piperidine rings is 1. The number of hydrogen-bond donors (Lipinski definition) is 2. The average Bonchev–Trinajstić information content (AvgIpc) is 2.87. The molecule has 0 saturated carbocycles. The summed E-state index contributed by atoms with van der Waals surface area (Å²) in [5.41, 5.74) is 3.32. The molecule has 0 atom stereocenters. The Kier molecular flexibility index (Phi) is 7.98. The van der Waals surface area contributed by atoms with E-state index in [0.29, 0.717) is 25.8 Å². The molecule has 2 aromatic carbocycles. The van der Waals surface area contributed by atoms with Crippen molar-refractivity contribution in [3.63, 3.8) is 0 Å². The molecular weight excluding hydrogens is 452 g/mol. The third kappa shape index (κ3) is 5.32. The fourth-order valence-corrected chi connectivity index (χ4v) is 4.84. The molecule has 34 heavy (non-hydrogen) atoms. The van der Waals surface area contributed by atoms with E-state index in [1.807, 2.05) is 41.9 Å². The monoisotopic (exact) mass is 484 g/mol. The Morgan fingerprint density at radius 2 is 1.76 bits per heavy atom. The quantitative estimate of drug-likeness (QED) is 0.535. The third-order valence-electron chi connectivity index (χ3n) is 6.73. The fraction of sp³-hybridized carbons (Fsp3) is 0.423. The van der Waals surface area contributed by atoms with E-state index in [1.54, 1.807) is 6.07 Å². The summed E-state index contributed by atoms with van der Waals surface area (Å²) in [4.78, 5) is 15.0. The number of benzene rings is 2. The number of aromatic nitrogens is 1. The SMILES string of the molecule is CNc1cccc2c1ccc(=O)n2CCN1CCC(NCc2ccc3c(c2)OCCO3)CC1.Cl. The van der Waals surface area contributed by atoms with Gasteiger partial charge in [-0.3, -0.25) is 4.79 Å². The molecule has 1 aromatic heterocycles. The molecule has 5 rings (SSSR count). The molecule has 1 fully saturated rings. The van der Waals surface area contributed by atoms with E-state index in [2.05, 4.69) is 27.7 Å². The zero-order valence-corrected chi connectivity index (χ0v) is 20.4. The van der Waals surface area contributed by atoms with Crippen molar-refractivity contribution in [3.05, 3.63) is 64.4 Å². The third-order valence-corrected chi connectivity index (χ3v) is 6.73. The molecule has 7 nitrogen and oxygen atoms in total. The van der Waals surface area contributed by atoms with Crippen LogP contribution in [0.4, 0.5) is 5.69 Å². The van der Waals surface area contributed by atoms with Gasteiger partial charge in [0, 0.05) is 49.9 Å². The molecule has 1 saturated heterocycles. The average molecular weight is 485 g/mol. The van der Waals surface area contributed by atoms with Crippen LogP contribution in [-0.2, 0) is 13.1 Å². The highest BCUT2D eigenvalue weighted by atomic mass is 35.5. The number of pyridine rings is 1. The van der Waals surface area contributed by atoms with Gasteiger partial charge in [0.15, 0.2) is 11.5 Å². The Hall–Kier alpha value is -2.74. The molecule has 2 aliphatic rings. The molecule has 0 amide bonds. The van der Waals surface area contributed by atoms with Crippen LogP contribution in [0, 0.1) is 0 Å². The molecule has 3 aromatic rings. The second-order valence-electron chi connectivity index (χ2n) is 8.79. The van der Waals surface area contributed by atoms with E-state index in [-0.39, 0.29) is 18.0 Å². The summed E-state index contributed by atoms with van der Waals surface area (Å²) in [5, 5.41) is 8.00. The molecule has 0 radical (unpaired) electrons. The maximum atomic E-state index is 12.6. The van der Waals surface area contributed by atoms with Crippen molar-refractivity contribution in [1.82, 2.24) is 14.8 Å². The van der Waals surface area contributed by atoms with E-state index in [1.165, 1.54) is 5.56 Å². The first-order chi connectivity index (χ1) is 16.2. The highest BCUT2D eigenvalue weighted by molar-refractivity contribution is 5.91. The largest absolute Gasteiger partial charge is 0.486 e. The highest BCUT2D eigenvalue weighted by Gasteiger charge is 2.19. The summed E-state index contributed by atoms with van der Waals surface area (Å²) in [5.74, 6) is 1.69. The minimum Gasteiger partial charge on any atom is -0.486 e.